The first-order valence-corrected chi connectivity index (χ1v) is 8.81. The molecule has 5 heteroatoms. The van der Waals surface area contributed by atoms with Crippen LogP contribution in [0.25, 0.3) is 0 Å². The molecule has 0 radical (unpaired) electrons. The third-order valence-corrected chi connectivity index (χ3v) is 3.72. The summed E-state index contributed by atoms with van der Waals surface area (Å²) < 4.78 is 6.59. The molecule has 0 heterocycles. The highest BCUT2D eigenvalue weighted by Gasteiger charge is 2.19. The predicted octanol–water partition coefficient (Wildman–Crippen LogP) is 4.23. The topological polar surface area (TPSA) is 50.7 Å². The zero-order chi connectivity index (χ0) is 16.3. The Kier molecular flexibility index (Phi) is 11.9. The number of hydrogen-bond acceptors (Lipinski definition) is 3. The summed E-state index contributed by atoms with van der Waals surface area (Å²) in [6, 6.07) is -0.0214. The highest BCUT2D eigenvalue weighted by atomic mass is 127. The third kappa shape index (κ3) is 9.24. The van der Waals surface area contributed by atoms with Crippen molar-refractivity contribution in [3.8, 4) is 0 Å². The normalized spacial score (nSPS) is 15.7. The maximum Gasteiger partial charge on any atom is 0.225 e. The first-order chi connectivity index (χ1) is 9.96. The Morgan fingerprint density at radius 2 is 2.05 bits per heavy atom. The van der Waals surface area contributed by atoms with Gasteiger partial charge in [-0.1, -0.05) is 26.3 Å². The van der Waals surface area contributed by atoms with Gasteiger partial charge in [0.05, 0.1) is 6.04 Å². The second-order valence-corrected chi connectivity index (χ2v) is 6.16. The lowest BCUT2D eigenvalue weighted by Gasteiger charge is -2.23. The number of rotatable bonds is 9. The summed E-state index contributed by atoms with van der Waals surface area (Å²) in [7, 11) is 0. The molecule has 0 aromatic rings. The van der Waals surface area contributed by atoms with Gasteiger partial charge in [-0.05, 0) is 61.8 Å². The standard InChI is InChI=1S/C16H29IN2O2/c1-6-9-11-21-15(12(4)8-3)13(5)18-16(17)19-14(20)10-7-2/h8,13,15H,6-7,9-11H2,1-5H3,(H,18,19,20)/b12-8+. The van der Waals surface area contributed by atoms with Crippen molar-refractivity contribution < 1.29 is 9.53 Å². The number of nitrogens with one attached hydrogen (secondary N) is 1. The van der Waals surface area contributed by atoms with Crippen molar-refractivity contribution in [2.75, 3.05) is 6.61 Å². The van der Waals surface area contributed by atoms with Crippen molar-refractivity contribution in [3.63, 3.8) is 0 Å². The van der Waals surface area contributed by atoms with Crippen molar-refractivity contribution in [2.24, 2.45) is 4.99 Å². The molecule has 0 aliphatic rings. The first-order valence-electron chi connectivity index (χ1n) is 7.73. The molecule has 0 saturated carbocycles. The fraction of sp³-hybridized carbons (Fsp3) is 0.750. The number of amides is 1. The van der Waals surface area contributed by atoms with Crippen LogP contribution < -0.4 is 5.32 Å². The molecule has 2 atom stereocenters. The average Bonchev–Trinajstić information content (AvgIpc) is 2.42. The average molecular weight is 408 g/mol. The Hall–Kier alpha value is -0.430. The van der Waals surface area contributed by atoms with Crippen LogP contribution in [-0.2, 0) is 9.53 Å². The molecule has 0 fully saturated rings. The number of unbranched alkanes of at least 4 members (excludes halogenated alkanes) is 1. The molecule has 21 heavy (non-hydrogen) atoms. The van der Waals surface area contributed by atoms with Crippen molar-refractivity contribution in [3.05, 3.63) is 11.6 Å². The van der Waals surface area contributed by atoms with Crippen molar-refractivity contribution in [1.29, 1.82) is 0 Å². The van der Waals surface area contributed by atoms with Crippen molar-refractivity contribution in [1.82, 2.24) is 5.32 Å². The fourth-order valence-corrected chi connectivity index (χ4v) is 2.59. The summed E-state index contributed by atoms with van der Waals surface area (Å²) in [6.07, 6.45) is 5.56. The second kappa shape index (κ2) is 12.1. The third-order valence-electron chi connectivity index (χ3n) is 3.17. The zero-order valence-electron chi connectivity index (χ0n) is 13.9. The van der Waals surface area contributed by atoms with Gasteiger partial charge >= 0.3 is 0 Å². The molecule has 0 saturated heterocycles. The summed E-state index contributed by atoms with van der Waals surface area (Å²) >= 11 is 2.07. The van der Waals surface area contributed by atoms with Crippen LogP contribution in [0.1, 0.15) is 60.3 Å². The van der Waals surface area contributed by atoms with Gasteiger partial charge in [-0.25, -0.2) is 0 Å². The number of aliphatic imine (C=N–C) groups is 1. The van der Waals surface area contributed by atoms with Gasteiger partial charge in [-0.3, -0.25) is 9.79 Å². The van der Waals surface area contributed by atoms with E-state index in [1.807, 2.05) is 20.8 Å². The molecule has 0 aliphatic heterocycles. The Balaban J connectivity index is 4.70. The Morgan fingerprint density at radius 3 is 2.57 bits per heavy atom. The Morgan fingerprint density at radius 1 is 1.38 bits per heavy atom. The van der Waals surface area contributed by atoms with Crippen LogP contribution in [0.5, 0.6) is 0 Å². The number of hydrogen-bond donors (Lipinski definition) is 1. The van der Waals surface area contributed by atoms with E-state index >= 15 is 0 Å². The van der Waals surface area contributed by atoms with E-state index in [2.05, 4.69) is 52.8 Å². The molecule has 0 bridgehead atoms. The Labute approximate surface area is 143 Å². The van der Waals surface area contributed by atoms with Gasteiger partial charge in [-0.2, -0.15) is 0 Å². The van der Waals surface area contributed by atoms with E-state index in [4.69, 9.17) is 4.74 Å². The van der Waals surface area contributed by atoms with E-state index in [1.54, 1.807) is 0 Å². The second-order valence-electron chi connectivity index (χ2n) is 5.14. The maximum absolute atomic E-state index is 11.6. The lowest BCUT2D eigenvalue weighted by molar-refractivity contribution is -0.119. The minimum atomic E-state index is -0.0330. The quantitative estimate of drug-likeness (QED) is 0.155. The molecule has 0 aliphatic carbocycles. The van der Waals surface area contributed by atoms with Crippen LogP contribution in [0, 0.1) is 0 Å². The predicted molar refractivity (Wildman–Crippen MR) is 98.0 cm³/mol. The fourth-order valence-electron chi connectivity index (χ4n) is 1.85. The number of carbonyl (C=O) groups excluding carboxylic acids is 1. The molecule has 0 spiro atoms. The highest BCUT2D eigenvalue weighted by Crippen LogP contribution is 2.15. The highest BCUT2D eigenvalue weighted by molar-refractivity contribution is 14.1. The van der Waals surface area contributed by atoms with Crippen molar-refractivity contribution >= 4 is 32.3 Å². The van der Waals surface area contributed by atoms with Crippen LogP contribution in [0.15, 0.2) is 16.6 Å². The molecule has 0 aromatic heterocycles. The van der Waals surface area contributed by atoms with E-state index in [0.717, 1.165) is 25.9 Å². The van der Waals surface area contributed by atoms with Gasteiger partial charge in [0.15, 0.2) is 3.84 Å². The van der Waals surface area contributed by atoms with E-state index < -0.39 is 0 Å². The summed E-state index contributed by atoms with van der Waals surface area (Å²) in [4.78, 5) is 16.1. The van der Waals surface area contributed by atoms with E-state index in [1.165, 1.54) is 5.57 Å². The summed E-state index contributed by atoms with van der Waals surface area (Å²) in [5.74, 6) is 0.0176. The summed E-state index contributed by atoms with van der Waals surface area (Å²) in [6.45, 7) is 11.0. The van der Waals surface area contributed by atoms with Gasteiger partial charge in [0.2, 0.25) is 5.91 Å². The van der Waals surface area contributed by atoms with Gasteiger partial charge in [0.25, 0.3) is 0 Å². The molecule has 2 unspecified atom stereocenters. The number of amidine groups is 1. The molecule has 1 N–H and O–H groups in total. The molecule has 0 rings (SSSR count). The van der Waals surface area contributed by atoms with Gasteiger partial charge in [0, 0.05) is 13.0 Å². The number of ether oxygens (including phenoxy) is 1. The van der Waals surface area contributed by atoms with Crippen LogP contribution in [-0.4, -0.2) is 28.5 Å². The largest absolute Gasteiger partial charge is 0.372 e. The number of allylic oxidation sites excluding steroid dienone is 1. The minimum Gasteiger partial charge on any atom is -0.372 e. The molecule has 1 amide bonds. The Bertz CT molecular complexity index is 367. The SMILES string of the molecule is C/C=C(\C)C(OCCCC)C(C)N=C(I)NC(=O)CCC. The van der Waals surface area contributed by atoms with Crippen molar-refractivity contribution in [2.45, 2.75) is 72.4 Å². The lowest BCUT2D eigenvalue weighted by Crippen LogP contribution is -2.31. The van der Waals surface area contributed by atoms with Gasteiger partial charge in [0.1, 0.15) is 6.10 Å². The molecule has 4 nitrogen and oxygen atoms in total. The maximum atomic E-state index is 11.6. The number of carbonyl (C=O) groups is 1. The zero-order valence-corrected chi connectivity index (χ0v) is 16.1. The van der Waals surface area contributed by atoms with E-state index in [-0.39, 0.29) is 18.1 Å². The minimum absolute atomic E-state index is 0.0176. The molecule has 0 aromatic carbocycles. The first kappa shape index (κ1) is 20.6. The van der Waals surface area contributed by atoms with E-state index in [0.29, 0.717) is 10.3 Å². The van der Waals surface area contributed by atoms with Gasteiger partial charge < -0.3 is 10.1 Å². The lowest BCUT2D eigenvalue weighted by atomic mass is 10.1. The van der Waals surface area contributed by atoms with Crippen LogP contribution in [0.4, 0.5) is 0 Å². The summed E-state index contributed by atoms with van der Waals surface area (Å²) in [5, 5.41) is 2.81. The monoisotopic (exact) mass is 408 g/mol. The van der Waals surface area contributed by atoms with Crippen LogP contribution in [0.3, 0.4) is 0 Å². The van der Waals surface area contributed by atoms with Crippen LogP contribution in [0.2, 0.25) is 0 Å². The molecule has 122 valence electrons. The van der Waals surface area contributed by atoms with Gasteiger partial charge in [-0.15, -0.1) is 0 Å². The molecular formula is C16H29IN2O2. The van der Waals surface area contributed by atoms with E-state index in [9.17, 15) is 4.79 Å². The summed E-state index contributed by atoms with van der Waals surface area (Å²) in [5.41, 5.74) is 1.17. The number of halogens is 1. The molecular weight excluding hydrogens is 379 g/mol. The van der Waals surface area contributed by atoms with Crippen LogP contribution >= 0.6 is 22.6 Å². The number of nitrogens with zero attached hydrogens (tertiary/aromatic N) is 1. The smallest absolute Gasteiger partial charge is 0.225 e.